The van der Waals surface area contributed by atoms with Gasteiger partial charge >= 0.3 is 0 Å². The number of aliphatic hydroxyl groups is 1. The number of hydrogen-bond acceptors (Lipinski definition) is 6. The van der Waals surface area contributed by atoms with Crippen molar-refractivity contribution in [3.8, 4) is 5.75 Å². The van der Waals surface area contributed by atoms with E-state index in [1.54, 1.807) is 0 Å². The molecule has 2 bridgehead atoms. The molecular weight excluding hydrogens is 452 g/mol. The average molecular weight is 491 g/mol. The van der Waals surface area contributed by atoms with E-state index in [9.17, 15) is 9.90 Å². The predicted octanol–water partition coefficient (Wildman–Crippen LogP) is 2.66. The molecule has 3 atom stereocenters. The van der Waals surface area contributed by atoms with Gasteiger partial charge in [-0.05, 0) is 55.4 Å². The van der Waals surface area contributed by atoms with Gasteiger partial charge in [0.15, 0.2) is 0 Å². The first-order valence-corrected chi connectivity index (χ1v) is 13.6. The number of hydrogen-bond donors (Lipinski definition) is 2. The molecule has 4 aliphatic heterocycles. The molecule has 36 heavy (non-hydrogen) atoms. The zero-order valence-corrected chi connectivity index (χ0v) is 21.2. The van der Waals surface area contributed by atoms with Crippen LogP contribution in [0, 0.1) is 0 Å². The van der Waals surface area contributed by atoms with Crippen LogP contribution in [0.25, 0.3) is 0 Å². The van der Waals surface area contributed by atoms with Crippen molar-refractivity contribution in [3.63, 3.8) is 0 Å². The lowest BCUT2D eigenvalue weighted by Crippen LogP contribution is -2.44. The molecule has 2 aromatic carbocycles. The van der Waals surface area contributed by atoms with Gasteiger partial charge in [0.2, 0.25) is 0 Å². The molecule has 2 aromatic rings. The fourth-order valence-corrected chi connectivity index (χ4v) is 6.53. The Hall–Kier alpha value is -2.61. The molecule has 2 unspecified atom stereocenters. The number of β-amino-alcohol motifs (C(OH)–C–C–N with tert-alkyl or cyclic N) is 1. The van der Waals surface area contributed by atoms with Gasteiger partial charge in [-0.3, -0.25) is 9.69 Å². The summed E-state index contributed by atoms with van der Waals surface area (Å²) >= 11 is 0. The first-order chi connectivity index (χ1) is 17.5. The van der Waals surface area contributed by atoms with Gasteiger partial charge in [0, 0.05) is 64.5 Å². The lowest BCUT2D eigenvalue weighted by molar-refractivity contribution is 0.0521. The smallest absolute Gasteiger partial charge is 0.256 e. The molecule has 7 heteroatoms. The van der Waals surface area contributed by atoms with Crippen molar-refractivity contribution in [2.75, 3.05) is 44.7 Å². The van der Waals surface area contributed by atoms with Crippen LogP contribution in [0.5, 0.6) is 5.75 Å². The van der Waals surface area contributed by atoms with Gasteiger partial charge in [-0.15, -0.1) is 0 Å². The Labute approximate surface area is 214 Å². The molecule has 0 aliphatic carbocycles. The van der Waals surface area contributed by atoms with Crippen molar-refractivity contribution >= 4 is 11.6 Å². The van der Waals surface area contributed by atoms with Crippen LogP contribution in [0.3, 0.4) is 0 Å². The van der Waals surface area contributed by atoms with E-state index in [2.05, 4.69) is 39.4 Å². The van der Waals surface area contributed by atoms with Crippen LogP contribution >= 0.6 is 0 Å². The zero-order chi connectivity index (χ0) is 24.6. The summed E-state index contributed by atoms with van der Waals surface area (Å²) in [5, 5.41) is 14.6. The third-order valence-corrected chi connectivity index (χ3v) is 8.45. The summed E-state index contributed by atoms with van der Waals surface area (Å²) in [7, 11) is 2.03. The molecule has 4 heterocycles. The van der Waals surface area contributed by atoms with Crippen LogP contribution in [0.2, 0.25) is 0 Å². The molecule has 0 aromatic heterocycles. The minimum Gasteiger partial charge on any atom is -0.490 e. The van der Waals surface area contributed by atoms with Gasteiger partial charge in [0.25, 0.3) is 5.91 Å². The Morgan fingerprint density at radius 2 is 1.81 bits per heavy atom. The molecule has 192 valence electrons. The first-order valence-electron chi connectivity index (χ1n) is 13.6. The predicted molar refractivity (Wildman–Crippen MR) is 141 cm³/mol. The van der Waals surface area contributed by atoms with E-state index in [1.807, 2.05) is 30.1 Å². The number of ether oxygens (including phenoxy) is 1. The number of rotatable bonds is 6. The van der Waals surface area contributed by atoms with Crippen molar-refractivity contribution in [2.45, 2.75) is 62.9 Å². The van der Waals surface area contributed by atoms with Gasteiger partial charge in [-0.25, -0.2) is 0 Å². The summed E-state index contributed by atoms with van der Waals surface area (Å²) in [5.74, 6) is 0.836. The quantitative estimate of drug-likeness (QED) is 0.649. The molecular formula is C29H38N4O3. The summed E-state index contributed by atoms with van der Waals surface area (Å²) in [4.78, 5) is 19.7. The molecule has 6 rings (SSSR count). The molecule has 0 radical (unpaired) electrons. The van der Waals surface area contributed by atoms with Gasteiger partial charge in [0.1, 0.15) is 11.9 Å². The second-order valence-electron chi connectivity index (χ2n) is 11.1. The number of carbonyl (C=O) groups excluding carboxylic acids is 1. The monoisotopic (exact) mass is 490 g/mol. The molecule has 7 nitrogen and oxygen atoms in total. The zero-order valence-electron chi connectivity index (χ0n) is 21.2. The number of piperidine rings is 1. The van der Waals surface area contributed by atoms with Crippen LogP contribution in [-0.4, -0.2) is 84.9 Å². The largest absolute Gasteiger partial charge is 0.490 e. The fraction of sp³-hybridized carbons (Fsp3) is 0.552. The summed E-state index contributed by atoms with van der Waals surface area (Å²) in [6, 6.07) is 15.6. The third kappa shape index (κ3) is 4.97. The van der Waals surface area contributed by atoms with Crippen molar-refractivity contribution in [2.24, 2.45) is 0 Å². The average Bonchev–Trinajstić information content (AvgIpc) is 3.18. The van der Waals surface area contributed by atoms with E-state index in [0.29, 0.717) is 37.3 Å². The maximum Gasteiger partial charge on any atom is 0.256 e. The first kappa shape index (κ1) is 23.8. The summed E-state index contributed by atoms with van der Waals surface area (Å²) in [6.07, 6.45) is 5.27. The molecule has 1 amide bonds. The molecule has 0 spiro atoms. The second kappa shape index (κ2) is 10.0. The minimum absolute atomic E-state index is 0.0103. The number of anilines is 1. The highest BCUT2D eigenvalue weighted by molar-refractivity contribution is 6.00. The van der Waals surface area contributed by atoms with Gasteiger partial charge in [-0.1, -0.05) is 24.3 Å². The van der Waals surface area contributed by atoms with Crippen LogP contribution in [0.4, 0.5) is 5.69 Å². The minimum atomic E-state index is -0.580. The summed E-state index contributed by atoms with van der Waals surface area (Å²) in [5.41, 5.74) is 4.35. The summed E-state index contributed by atoms with van der Waals surface area (Å²) < 4.78 is 6.39. The Kier molecular flexibility index (Phi) is 6.63. The van der Waals surface area contributed by atoms with Gasteiger partial charge < -0.3 is 25.0 Å². The number of carbonyl (C=O) groups is 1. The number of likely N-dealkylation sites (N-methyl/N-ethyl adjacent to an activating group) is 1. The highest BCUT2D eigenvalue weighted by Gasteiger charge is 2.35. The van der Waals surface area contributed by atoms with E-state index >= 15 is 0 Å². The number of nitrogens with one attached hydrogen (secondary N) is 1. The van der Waals surface area contributed by atoms with E-state index in [-0.39, 0.29) is 12.0 Å². The third-order valence-electron chi connectivity index (χ3n) is 8.45. The highest BCUT2D eigenvalue weighted by Crippen LogP contribution is 2.33. The number of nitrogens with zero attached hydrogens (tertiary/aromatic N) is 3. The molecule has 2 saturated heterocycles. The van der Waals surface area contributed by atoms with Crippen LogP contribution in [0.15, 0.2) is 42.5 Å². The Bertz CT molecular complexity index is 1100. The lowest BCUT2D eigenvalue weighted by Gasteiger charge is -2.32. The van der Waals surface area contributed by atoms with E-state index in [1.165, 1.54) is 24.0 Å². The molecule has 4 aliphatic rings. The molecule has 0 saturated carbocycles. The maximum atomic E-state index is 13.5. The lowest BCUT2D eigenvalue weighted by atomic mass is 10.00. The van der Waals surface area contributed by atoms with Crippen LogP contribution in [0.1, 0.15) is 47.2 Å². The Balaban J connectivity index is 1.10. The highest BCUT2D eigenvalue weighted by atomic mass is 16.5. The van der Waals surface area contributed by atoms with E-state index < -0.39 is 6.10 Å². The molecule has 2 fully saturated rings. The van der Waals surface area contributed by atoms with Gasteiger partial charge in [0.05, 0.1) is 17.4 Å². The SMILES string of the molecule is CN1CCN(C[C@H](O)CN2CCc3ccccc3C2)C(=O)c2ccc(OC3CC4CCC(C3)N4)cc21. The summed E-state index contributed by atoms with van der Waals surface area (Å²) in [6.45, 7) is 4.04. The fourth-order valence-electron chi connectivity index (χ4n) is 6.53. The van der Waals surface area contributed by atoms with Crippen molar-refractivity contribution in [1.29, 1.82) is 0 Å². The van der Waals surface area contributed by atoms with Gasteiger partial charge in [-0.2, -0.15) is 0 Å². The van der Waals surface area contributed by atoms with Crippen LogP contribution in [-0.2, 0) is 13.0 Å². The van der Waals surface area contributed by atoms with Crippen LogP contribution < -0.4 is 15.0 Å². The van der Waals surface area contributed by atoms with Crippen molar-refractivity contribution in [1.82, 2.24) is 15.1 Å². The normalized spacial score (nSPS) is 26.8. The second-order valence-corrected chi connectivity index (χ2v) is 11.1. The standard InChI is InChI=1S/C29H38N4O3/c1-31-12-13-33(19-24(34)18-32-11-10-20-4-2-3-5-21(20)17-32)29(35)27-9-8-25(16-28(27)31)36-26-14-22-6-7-23(15-26)30-22/h2-5,8-9,16,22-24,26,30,34H,6-7,10-15,17-19H2,1H3/t22?,23?,24-,26?/m1/s1. The number of amides is 1. The van der Waals surface area contributed by atoms with Crippen molar-refractivity contribution < 1.29 is 14.6 Å². The van der Waals surface area contributed by atoms with E-state index in [4.69, 9.17) is 4.74 Å². The Morgan fingerprint density at radius 3 is 2.61 bits per heavy atom. The number of aliphatic hydroxyl groups excluding tert-OH is 1. The molecule has 2 N–H and O–H groups in total. The Morgan fingerprint density at radius 1 is 1.03 bits per heavy atom. The number of benzene rings is 2. The number of fused-ring (bicyclic) bond motifs is 4. The van der Waals surface area contributed by atoms with Crippen molar-refractivity contribution in [3.05, 3.63) is 59.2 Å². The van der Waals surface area contributed by atoms with E-state index in [0.717, 1.165) is 50.3 Å². The topological polar surface area (TPSA) is 68.3 Å². The maximum absolute atomic E-state index is 13.5.